The van der Waals surface area contributed by atoms with Gasteiger partial charge in [0.25, 0.3) is 11.8 Å². The summed E-state index contributed by atoms with van der Waals surface area (Å²) in [6.07, 6.45) is 2.44. The highest BCUT2D eigenvalue weighted by molar-refractivity contribution is 6.21. The number of likely N-dealkylation sites (N-methyl/N-ethyl adjacent to an activating group) is 1. The number of carbonyl (C=O) groups is 2. The maximum atomic E-state index is 12.5. The molecule has 0 saturated heterocycles. The summed E-state index contributed by atoms with van der Waals surface area (Å²) in [5.74, 6) is 0.537. The maximum absolute atomic E-state index is 12.5. The van der Waals surface area contributed by atoms with Crippen LogP contribution >= 0.6 is 0 Å². The Morgan fingerprint density at radius 3 is 2.48 bits per heavy atom. The highest BCUT2D eigenvalue weighted by atomic mass is 16.3. The fourth-order valence-electron chi connectivity index (χ4n) is 3.37. The molecule has 0 spiro atoms. The predicted molar refractivity (Wildman–Crippen MR) is 97.1 cm³/mol. The van der Waals surface area contributed by atoms with Crippen LogP contribution in [-0.4, -0.2) is 36.9 Å². The summed E-state index contributed by atoms with van der Waals surface area (Å²) in [6.45, 7) is 7.38. The number of hydrogen-bond acceptors (Lipinski definition) is 4. The molecule has 2 aromatic rings. The Hall–Kier alpha value is -2.56. The number of fused-ring (bicyclic) bond motifs is 1. The van der Waals surface area contributed by atoms with Crippen LogP contribution in [0.4, 0.5) is 5.69 Å². The van der Waals surface area contributed by atoms with Crippen LogP contribution in [0.2, 0.25) is 0 Å². The third-order valence-corrected chi connectivity index (χ3v) is 4.66. The van der Waals surface area contributed by atoms with Crippen molar-refractivity contribution in [2.24, 2.45) is 0 Å². The molecule has 0 N–H and O–H groups in total. The topological polar surface area (TPSA) is 53.8 Å². The predicted octanol–water partition coefficient (Wildman–Crippen LogP) is 3.70. The number of rotatable bonds is 6. The van der Waals surface area contributed by atoms with Crippen molar-refractivity contribution in [1.29, 1.82) is 0 Å². The molecule has 0 saturated carbocycles. The number of imide groups is 1. The molecule has 0 aliphatic carbocycles. The number of hydrogen-bond donors (Lipinski definition) is 0. The molecule has 5 heteroatoms. The van der Waals surface area contributed by atoms with Crippen molar-refractivity contribution >= 4 is 17.5 Å². The molecule has 1 aliphatic rings. The van der Waals surface area contributed by atoms with Crippen LogP contribution in [0.1, 0.15) is 53.7 Å². The van der Waals surface area contributed by atoms with Crippen LogP contribution < -0.4 is 4.90 Å². The van der Waals surface area contributed by atoms with Crippen LogP contribution in [0, 0.1) is 0 Å². The third-order valence-electron chi connectivity index (χ3n) is 4.66. The molecule has 5 nitrogen and oxygen atoms in total. The zero-order valence-corrected chi connectivity index (χ0v) is 15.2. The number of anilines is 1. The molecule has 0 radical (unpaired) electrons. The van der Waals surface area contributed by atoms with Crippen LogP contribution in [0.5, 0.6) is 0 Å². The second-order valence-corrected chi connectivity index (χ2v) is 7.21. The number of furan rings is 1. The molecule has 2 amide bonds. The van der Waals surface area contributed by atoms with Crippen molar-refractivity contribution in [2.75, 3.05) is 25.0 Å². The summed E-state index contributed by atoms with van der Waals surface area (Å²) in [5.41, 5.74) is 1.74. The fraction of sp³-hybridized carbons (Fsp3) is 0.400. The molecule has 0 fully saturated rings. The SMILES string of the molecule is CCCN1C(=O)c2ccc(N(C)CC(C)(C)c3ccco3)cc2C1=O. The largest absolute Gasteiger partial charge is 0.469 e. The average molecular weight is 340 g/mol. The van der Waals surface area contributed by atoms with Gasteiger partial charge in [-0.1, -0.05) is 20.8 Å². The van der Waals surface area contributed by atoms with Gasteiger partial charge in [-0.3, -0.25) is 14.5 Å². The van der Waals surface area contributed by atoms with Crippen molar-refractivity contribution in [3.05, 3.63) is 53.5 Å². The van der Waals surface area contributed by atoms with E-state index >= 15 is 0 Å². The van der Waals surface area contributed by atoms with Crippen molar-refractivity contribution in [3.63, 3.8) is 0 Å². The van der Waals surface area contributed by atoms with Crippen molar-refractivity contribution in [1.82, 2.24) is 4.90 Å². The minimum Gasteiger partial charge on any atom is -0.469 e. The lowest BCUT2D eigenvalue weighted by Gasteiger charge is -2.30. The van der Waals surface area contributed by atoms with Gasteiger partial charge in [0.2, 0.25) is 0 Å². The first-order chi connectivity index (χ1) is 11.8. The molecule has 0 unspecified atom stereocenters. The highest BCUT2D eigenvalue weighted by Gasteiger charge is 2.35. The summed E-state index contributed by atoms with van der Waals surface area (Å²) >= 11 is 0. The van der Waals surface area contributed by atoms with Crippen molar-refractivity contribution < 1.29 is 14.0 Å². The van der Waals surface area contributed by atoms with Crippen LogP contribution in [0.25, 0.3) is 0 Å². The smallest absolute Gasteiger partial charge is 0.261 e. The van der Waals surface area contributed by atoms with E-state index in [1.807, 2.05) is 38.2 Å². The van der Waals surface area contributed by atoms with Crippen LogP contribution in [0.3, 0.4) is 0 Å². The maximum Gasteiger partial charge on any atom is 0.261 e. The average Bonchev–Trinajstić information content (AvgIpc) is 3.19. The van der Waals surface area contributed by atoms with Gasteiger partial charge in [-0.25, -0.2) is 0 Å². The first kappa shape index (κ1) is 17.3. The zero-order chi connectivity index (χ0) is 18.2. The van der Waals surface area contributed by atoms with E-state index in [0.29, 0.717) is 17.7 Å². The summed E-state index contributed by atoms with van der Waals surface area (Å²) in [4.78, 5) is 28.3. The zero-order valence-electron chi connectivity index (χ0n) is 15.2. The molecule has 0 bridgehead atoms. The van der Waals surface area contributed by atoms with E-state index in [0.717, 1.165) is 24.4 Å². The lowest BCUT2D eigenvalue weighted by Crippen LogP contribution is -2.34. The molecule has 2 heterocycles. The van der Waals surface area contributed by atoms with Gasteiger partial charge in [0.1, 0.15) is 5.76 Å². The van der Waals surface area contributed by atoms with Crippen LogP contribution in [-0.2, 0) is 5.41 Å². The van der Waals surface area contributed by atoms with E-state index in [9.17, 15) is 9.59 Å². The van der Waals surface area contributed by atoms with E-state index in [4.69, 9.17) is 4.42 Å². The van der Waals surface area contributed by atoms with E-state index in [1.165, 1.54) is 4.90 Å². The number of carbonyl (C=O) groups excluding carboxylic acids is 2. The van der Waals surface area contributed by atoms with Crippen molar-refractivity contribution in [2.45, 2.75) is 32.6 Å². The molecular weight excluding hydrogens is 316 g/mol. The molecular formula is C20H24N2O3. The van der Waals surface area contributed by atoms with E-state index in [2.05, 4.69) is 18.7 Å². The molecule has 1 aromatic heterocycles. The lowest BCUT2D eigenvalue weighted by atomic mass is 9.89. The number of nitrogens with zero attached hydrogens (tertiary/aromatic N) is 2. The molecule has 0 atom stereocenters. The van der Waals surface area contributed by atoms with Gasteiger partial charge >= 0.3 is 0 Å². The summed E-state index contributed by atoms with van der Waals surface area (Å²) in [7, 11) is 1.98. The van der Waals surface area contributed by atoms with Gasteiger partial charge in [-0.05, 0) is 36.8 Å². The monoisotopic (exact) mass is 340 g/mol. The van der Waals surface area contributed by atoms with Gasteiger partial charge in [0.05, 0.1) is 17.4 Å². The van der Waals surface area contributed by atoms with Gasteiger partial charge < -0.3 is 9.32 Å². The molecule has 3 rings (SSSR count). The van der Waals surface area contributed by atoms with E-state index < -0.39 is 0 Å². The number of benzene rings is 1. The Morgan fingerprint density at radius 2 is 1.84 bits per heavy atom. The number of amides is 2. The van der Waals surface area contributed by atoms with Crippen LogP contribution in [0.15, 0.2) is 41.0 Å². The Kier molecular flexibility index (Phi) is 4.41. The second kappa shape index (κ2) is 6.39. The van der Waals surface area contributed by atoms with E-state index in [-0.39, 0.29) is 17.2 Å². The first-order valence-electron chi connectivity index (χ1n) is 8.60. The quantitative estimate of drug-likeness (QED) is 0.753. The van der Waals surface area contributed by atoms with E-state index in [1.54, 1.807) is 12.3 Å². The minimum absolute atomic E-state index is 0.175. The molecule has 132 valence electrons. The summed E-state index contributed by atoms with van der Waals surface area (Å²) < 4.78 is 5.55. The summed E-state index contributed by atoms with van der Waals surface area (Å²) in [5, 5.41) is 0. The van der Waals surface area contributed by atoms with Gasteiger partial charge in [0, 0.05) is 31.2 Å². The van der Waals surface area contributed by atoms with Gasteiger partial charge in [0.15, 0.2) is 0 Å². The minimum atomic E-state index is -0.192. The lowest BCUT2D eigenvalue weighted by molar-refractivity contribution is 0.0654. The third kappa shape index (κ3) is 3.06. The molecule has 1 aliphatic heterocycles. The Bertz CT molecular complexity index is 793. The molecule has 25 heavy (non-hydrogen) atoms. The Balaban J connectivity index is 1.84. The first-order valence-corrected chi connectivity index (χ1v) is 8.60. The standard InChI is InChI=1S/C20H24N2O3/c1-5-10-22-18(23)15-9-8-14(12-16(15)19(22)24)21(4)13-20(2,3)17-7-6-11-25-17/h6-9,11-12H,5,10,13H2,1-4H3. The summed E-state index contributed by atoms with van der Waals surface area (Å²) in [6, 6.07) is 9.35. The highest BCUT2D eigenvalue weighted by Crippen LogP contribution is 2.30. The van der Waals surface area contributed by atoms with Crippen molar-refractivity contribution in [3.8, 4) is 0 Å². The Labute approximate surface area is 148 Å². The van der Waals surface area contributed by atoms with Gasteiger partial charge in [-0.15, -0.1) is 0 Å². The van der Waals surface area contributed by atoms with Gasteiger partial charge in [-0.2, -0.15) is 0 Å². The second-order valence-electron chi connectivity index (χ2n) is 7.21. The Morgan fingerprint density at radius 1 is 1.12 bits per heavy atom. The normalized spacial score (nSPS) is 14.2. The molecule has 1 aromatic carbocycles. The fourth-order valence-corrected chi connectivity index (χ4v) is 3.37.